The zero-order valence-electron chi connectivity index (χ0n) is 16.0. The van der Waals surface area contributed by atoms with Crippen molar-refractivity contribution in [2.24, 2.45) is 5.10 Å². The molecule has 1 aromatic carbocycles. The van der Waals surface area contributed by atoms with Gasteiger partial charge in [-0.15, -0.1) is 0 Å². The summed E-state index contributed by atoms with van der Waals surface area (Å²) in [5, 5.41) is 3.82. The van der Waals surface area contributed by atoms with Crippen LogP contribution in [0.4, 0.5) is 0 Å². The molecule has 1 rings (SSSR count). The molecule has 0 aliphatic heterocycles. The Morgan fingerprint density at radius 1 is 1.12 bits per heavy atom. The SMILES string of the molecule is CC(/C=C/P(=O)(OC(C)C)OC(C)C)=N\NS(=O)(=O)c1ccc(C)cc1. The molecule has 146 valence electrons. The second kappa shape index (κ2) is 9.46. The van der Waals surface area contributed by atoms with Crippen LogP contribution in [0.15, 0.2) is 46.2 Å². The Kier molecular flexibility index (Phi) is 8.21. The molecule has 9 heteroatoms. The Labute approximate surface area is 156 Å². The van der Waals surface area contributed by atoms with E-state index in [0.29, 0.717) is 5.71 Å². The summed E-state index contributed by atoms with van der Waals surface area (Å²) in [6.45, 7) is 10.4. The van der Waals surface area contributed by atoms with Gasteiger partial charge in [-0.25, -0.2) is 0 Å². The summed E-state index contributed by atoms with van der Waals surface area (Å²) < 4.78 is 47.8. The average Bonchev–Trinajstić information content (AvgIpc) is 2.50. The van der Waals surface area contributed by atoms with E-state index >= 15 is 0 Å². The van der Waals surface area contributed by atoms with Crippen LogP contribution < -0.4 is 4.83 Å². The van der Waals surface area contributed by atoms with Crippen molar-refractivity contribution in [2.45, 2.75) is 58.6 Å². The molecule has 0 saturated carbocycles. The number of benzene rings is 1. The van der Waals surface area contributed by atoms with Crippen LogP contribution in [0.5, 0.6) is 0 Å². The summed E-state index contributed by atoms with van der Waals surface area (Å²) in [6, 6.07) is 6.40. The van der Waals surface area contributed by atoms with E-state index in [2.05, 4.69) is 9.93 Å². The lowest BCUT2D eigenvalue weighted by Gasteiger charge is -2.19. The average molecular weight is 402 g/mol. The molecule has 0 aliphatic carbocycles. The zero-order chi connectivity index (χ0) is 20.0. The summed E-state index contributed by atoms with van der Waals surface area (Å²) in [4.78, 5) is 2.26. The minimum Gasteiger partial charge on any atom is -0.303 e. The molecule has 0 radical (unpaired) electrons. The highest BCUT2D eigenvalue weighted by atomic mass is 32.2. The predicted molar refractivity (Wildman–Crippen MR) is 104 cm³/mol. The first-order valence-electron chi connectivity index (χ1n) is 8.22. The topological polar surface area (TPSA) is 94.1 Å². The number of hydrogen-bond donors (Lipinski definition) is 1. The highest BCUT2D eigenvalue weighted by Crippen LogP contribution is 2.51. The summed E-state index contributed by atoms with van der Waals surface area (Å²) >= 11 is 0. The van der Waals surface area contributed by atoms with Crippen LogP contribution in [-0.4, -0.2) is 26.3 Å². The molecule has 1 N–H and O–H groups in total. The standard InChI is InChI=1S/C17H27N2O5PS/c1-13(2)23-25(20,24-14(3)4)12-11-16(6)18-19-26(21,22)17-9-7-15(5)8-10-17/h7-14,19H,1-6H3/b12-11+,18-16+. The van der Waals surface area contributed by atoms with E-state index in [9.17, 15) is 13.0 Å². The van der Waals surface area contributed by atoms with Crippen LogP contribution in [-0.2, 0) is 23.6 Å². The summed E-state index contributed by atoms with van der Waals surface area (Å²) in [6.07, 6.45) is 0.825. The second-order valence-corrected chi connectivity index (χ2v) is 9.79. The van der Waals surface area contributed by atoms with Crippen LogP contribution >= 0.6 is 7.60 Å². The monoisotopic (exact) mass is 402 g/mol. The quantitative estimate of drug-likeness (QED) is 0.379. The molecular weight excluding hydrogens is 375 g/mol. The van der Waals surface area contributed by atoms with Gasteiger partial charge >= 0.3 is 7.60 Å². The van der Waals surface area contributed by atoms with E-state index in [4.69, 9.17) is 9.05 Å². The van der Waals surface area contributed by atoms with Crippen molar-refractivity contribution in [3.8, 4) is 0 Å². The van der Waals surface area contributed by atoms with Crippen molar-refractivity contribution in [1.82, 2.24) is 4.83 Å². The fourth-order valence-electron chi connectivity index (χ4n) is 1.82. The van der Waals surface area contributed by atoms with Crippen molar-refractivity contribution in [2.75, 3.05) is 0 Å². The Hall–Kier alpha value is -1.47. The molecule has 0 unspecified atom stereocenters. The molecule has 0 aliphatic rings. The number of allylic oxidation sites excluding steroid dienone is 1. The largest absolute Gasteiger partial charge is 0.354 e. The highest BCUT2D eigenvalue weighted by Gasteiger charge is 2.24. The van der Waals surface area contributed by atoms with Gasteiger partial charge in [0.1, 0.15) is 0 Å². The number of rotatable bonds is 9. The van der Waals surface area contributed by atoms with Crippen molar-refractivity contribution >= 4 is 23.3 Å². The molecule has 0 amide bonds. The van der Waals surface area contributed by atoms with Gasteiger partial charge in [-0.1, -0.05) is 17.7 Å². The number of hydrazone groups is 1. The number of sulfonamides is 1. The molecule has 0 saturated heterocycles. The zero-order valence-corrected chi connectivity index (χ0v) is 17.7. The third-order valence-electron chi connectivity index (χ3n) is 2.89. The maximum absolute atomic E-state index is 12.7. The van der Waals surface area contributed by atoms with E-state index in [1.54, 1.807) is 46.8 Å². The number of nitrogens with zero attached hydrogens (tertiary/aromatic N) is 1. The maximum Gasteiger partial charge on any atom is 0.354 e. The molecule has 0 bridgehead atoms. The van der Waals surface area contributed by atoms with Gasteiger partial charge in [0.25, 0.3) is 10.0 Å². The Balaban J connectivity index is 2.89. The van der Waals surface area contributed by atoms with Crippen molar-refractivity contribution in [3.05, 3.63) is 41.7 Å². The van der Waals surface area contributed by atoms with Crippen LogP contribution in [0.3, 0.4) is 0 Å². The highest BCUT2D eigenvalue weighted by molar-refractivity contribution is 7.89. The molecule has 0 atom stereocenters. The molecule has 0 spiro atoms. The van der Waals surface area contributed by atoms with E-state index in [1.807, 2.05) is 6.92 Å². The second-order valence-electron chi connectivity index (χ2n) is 6.32. The van der Waals surface area contributed by atoms with Crippen molar-refractivity contribution < 1.29 is 22.0 Å². The van der Waals surface area contributed by atoms with Crippen LogP contribution in [0.1, 0.15) is 40.2 Å². The Bertz CT molecular complexity index is 785. The van der Waals surface area contributed by atoms with Gasteiger partial charge in [-0.2, -0.15) is 18.4 Å². The lowest BCUT2D eigenvalue weighted by Crippen LogP contribution is -2.19. The summed E-state index contributed by atoms with van der Waals surface area (Å²) in [7, 11) is -7.22. The smallest absolute Gasteiger partial charge is 0.303 e. The summed E-state index contributed by atoms with van der Waals surface area (Å²) in [5.74, 6) is 1.28. The Morgan fingerprint density at radius 3 is 2.08 bits per heavy atom. The predicted octanol–water partition coefficient (Wildman–Crippen LogP) is 4.21. The Morgan fingerprint density at radius 2 is 1.62 bits per heavy atom. The van der Waals surface area contributed by atoms with Gasteiger partial charge in [-0.3, -0.25) is 4.57 Å². The normalized spacial score (nSPS) is 13.8. The van der Waals surface area contributed by atoms with Gasteiger partial charge in [0.2, 0.25) is 0 Å². The van der Waals surface area contributed by atoms with Crippen LogP contribution in [0.25, 0.3) is 0 Å². The number of hydrogen-bond acceptors (Lipinski definition) is 6. The minimum atomic E-state index is -3.77. The molecule has 26 heavy (non-hydrogen) atoms. The fraction of sp³-hybridized carbons (Fsp3) is 0.471. The van der Waals surface area contributed by atoms with Crippen LogP contribution in [0.2, 0.25) is 0 Å². The van der Waals surface area contributed by atoms with Gasteiger partial charge in [-0.05, 0) is 59.8 Å². The maximum atomic E-state index is 12.7. The molecule has 0 fully saturated rings. The van der Waals surface area contributed by atoms with Gasteiger partial charge in [0.15, 0.2) is 0 Å². The van der Waals surface area contributed by atoms with E-state index in [0.717, 1.165) is 5.56 Å². The third kappa shape index (κ3) is 7.83. The molecule has 1 aromatic rings. The van der Waals surface area contributed by atoms with Gasteiger partial charge in [0.05, 0.1) is 22.8 Å². The first-order chi connectivity index (χ1) is 11.9. The number of aryl methyl sites for hydroxylation is 1. The lowest BCUT2D eigenvalue weighted by atomic mass is 10.2. The lowest BCUT2D eigenvalue weighted by molar-refractivity contribution is 0.149. The van der Waals surface area contributed by atoms with E-state index in [1.165, 1.54) is 24.0 Å². The van der Waals surface area contributed by atoms with Gasteiger partial charge < -0.3 is 9.05 Å². The molecular formula is C17H27N2O5PS. The first kappa shape index (κ1) is 22.6. The first-order valence-corrected chi connectivity index (χ1v) is 11.3. The number of nitrogens with one attached hydrogen (secondary N) is 1. The van der Waals surface area contributed by atoms with Crippen LogP contribution in [0, 0.1) is 6.92 Å². The fourth-order valence-corrected chi connectivity index (χ4v) is 4.45. The van der Waals surface area contributed by atoms with Crippen molar-refractivity contribution in [1.29, 1.82) is 0 Å². The third-order valence-corrected chi connectivity index (χ3v) is 6.06. The molecule has 7 nitrogen and oxygen atoms in total. The van der Waals surface area contributed by atoms with Gasteiger partial charge in [0, 0.05) is 5.82 Å². The summed E-state index contributed by atoms with van der Waals surface area (Å²) in [5.41, 5.74) is 1.26. The van der Waals surface area contributed by atoms with E-state index in [-0.39, 0.29) is 17.1 Å². The van der Waals surface area contributed by atoms with Crippen molar-refractivity contribution in [3.63, 3.8) is 0 Å². The van der Waals surface area contributed by atoms with E-state index < -0.39 is 17.6 Å². The molecule has 0 aromatic heterocycles. The molecule has 0 heterocycles. The minimum absolute atomic E-state index is 0.112.